The summed E-state index contributed by atoms with van der Waals surface area (Å²) in [5.41, 5.74) is 1.30. The first kappa shape index (κ1) is 16.5. The molecule has 0 aliphatic heterocycles. The summed E-state index contributed by atoms with van der Waals surface area (Å²) in [5.74, 6) is -1.07. The largest absolute Gasteiger partial charge is 0.477 e. The first-order valence-corrected chi connectivity index (χ1v) is 7.05. The van der Waals surface area contributed by atoms with Crippen LogP contribution in [0, 0.1) is 0 Å². The van der Waals surface area contributed by atoms with Gasteiger partial charge in [-0.1, -0.05) is 18.2 Å². The van der Waals surface area contributed by atoms with Gasteiger partial charge in [0.2, 0.25) is 0 Å². The van der Waals surface area contributed by atoms with Crippen molar-refractivity contribution in [3.63, 3.8) is 0 Å². The molecule has 0 aliphatic rings. The summed E-state index contributed by atoms with van der Waals surface area (Å²) in [4.78, 5) is 26.7. The predicted octanol–water partition coefficient (Wildman–Crippen LogP) is 3.79. The Hall–Kier alpha value is -2.89. The van der Waals surface area contributed by atoms with E-state index in [0.29, 0.717) is 11.4 Å². The molecule has 1 aromatic carbocycles. The zero-order valence-corrected chi connectivity index (χ0v) is 13.2. The molecule has 0 fully saturated rings. The average molecular weight is 314 g/mol. The van der Waals surface area contributed by atoms with Crippen LogP contribution in [0.3, 0.4) is 0 Å². The average Bonchev–Trinajstić information content (AvgIpc) is 2.46. The molecule has 6 nitrogen and oxygen atoms in total. The molecule has 0 unspecified atom stereocenters. The zero-order valence-electron chi connectivity index (χ0n) is 13.2. The minimum Gasteiger partial charge on any atom is -0.477 e. The summed E-state index contributed by atoms with van der Waals surface area (Å²) in [6.07, 6.45) is -0.531. The van der Waals surface area contributed by atoms with E-state index in [1.807, 2.05) is 0 Å². The van der Waals surface area contributed by atoms with E-state index in [2.05, 4.69) is 10.3 Å². The summed E-state index contributed by atoms with van der Waals surface area (Å²) in [6, 6.07) is 11.7. The number of benzene rings is 1. The molecule has 23 heavy (non-hydrogen) atoms. The second-order valence-corrected chi connectivity index (χ2v) is 5.92. The Labute approximate surface area is 134 Å². The van der Waals surface area contributed by atoms with Crippen LogP contribution in [-0.4, -0.2) is 27.8 Å². The number of nitrogens with one attached hydrogen (secondary N) is 1. The molecule has 2 rings (SSSR count). The smallest absolute Gasteiger partial charge is 0.412 e. The number of anilines is 1. The number of hydrogen-bond donors (Lipinski definition) is 2. The van der Waals surface area contributed by atoms with Crippen LogP contribution < -0.4 is 5.32 Å². The quantitative estimate of drug-likeness (QED) is 0.899. The van der Waals surface area contributed by atoms with Gasteiger partial charge in [0.05, 0.1) is 5.69 Å². The fraction of sp³-hybridized carbons (Fsp3) is 0.235. The second-order valence-electron chi connectivity index (χ2n) is 5.92. The molecule has 0 saturated carbocycles. The summed E-state index contributed by atoms with van der Waals surface area (Å²) in [5, 5.41) is 11.6. The molecule has 6 heteroatoms. The van der Waals surface area contributed by atoms with Crippen LogP contribution in [0.25, 0.3) is 11.3 Å². The minimum atomic E-state index is -1.07. The molecular formula is C17H18N2O4. The molecule has 0 spiro atoms. The molecule has 0 saturated heterocycles. The number of amides is 1. The highest BCUT2D eigenvalue weighted by Crippen LogP contribution is 2.20. The Kier molecular flexibility index (Phi) is 4.64. The van der Waals surface area contributed by atoms with Gasteiger partial charge in [0, 0.05) is 11.3 Å². The molecule has 0 atom stereocenters. The molecule has 0 aliphatic carbocycles. The lowest BCUT2D eigenvalue weighted by Gasteiger charge is -2.19. The molecule has 0 bridgehead atoms. The molecule has 2 aromatic rings. The van der Waals surface area contributed by atoms with Gasteiger partial charge in [0.1, 0.15) is 11.3 Å². The Balaban J connectivity index is 2.12. The summed E-state index contributed by atoms with van der Waals surface area (Å²) in [6.45, 7) is 5.37. The molecule has 1 aromatic heterocycles. The fourth-order valence-corrected chi connectivity index (χ4v) is 1.86. The molecule has 120 valence electrons. The number of aromatic nitrogens is 1. The van der Waals surface area contributed by atoms with E-state index < -0.39 is 17.7 Å². The van der Waals surface area contributed by atoms with Crippen molar-refractivity contribution < 1.29 is 19.4 Å². The van der Waals surface area contributed by atoms with Gasteiger partial charge in [-0.05, 0) is 45.0 Å². The van der Waals surface area contributed by atoms with Crippen LogP contribution in [0.1, 0.15) is 31.3 Å². The standard InChI is InChI=1S/C17H18N2O4/c1-17(2,3)23-16(22)18-12-9-7-11(8-10-12)13-5-4-6-14(19-13)15(20)21/h4-10H,1-3H3,(H,18,22)(H,20,21). The molecule has 0 radical (unpaired) electrons. The van der Waals surface area contributed by atoms with Gasteiger partial charge in [0.25, 0.3) is 0 Å². The minimum absolute atomic E-state index is 0.0153. The van der Waals surface area contributed by atoms with Crippen molar-refractivity contribution in [2.45, 2.75) is 26.4 Å². The van der Waals surface area contributed by atoms with Crippen molar-refractivity contribution in [1.29, 1.82) is 0 Å². The SMILES string of the molecule is CC(C)(C)OC(=O)Nc1ccc(-c2cccc(C(=O)O)n2)cc1. The van der Waals surface area contributed by atoms with Gasteiger partial charge in [0.15, 0.2) is 0 Å². The molecular weight excluding hydrogens is 296 g/mol. The normalized spacial score (nSPS) is 10.9. The number of carbonyl (C=O) groups excluding carboxylic acids is 1. The number of carbonyl (C=O) groups is 2. The number of nitrogens with zero attached hydrogens (tertiary/aromatic N) is 1. The van der Waals surface area contributed by atoms with Gasteiger partial charge in [-0.15, -0.1) is 0 Å². The van der Waals surface area contributed by atoms with Crippen molar-refractivity contribution >= 4 is 17.7 Å². The first-order valence-electron chi connectivity index (χ1n) is 7.05. The van der Waals surface area contributed by atoms with Gasteiger partial charge < -0.3 is 9.84 Å². The lowest BCUT2D eigenvalue weighted by Crippen LogP contribution is -2.27. The monoisotopic (exact) mass is 314 g/mol. The number of carboxylic acids is 1. The number of aromatic carboxylic acids is 1. The van der Waals surface area contributed by atoms with E-state index in [0.717, 1.165) is 5.56 Å². The van der Waals surface area contributed by atoms with Crippen LogP contribution in [0.5, 0.6) is 0 Å². The highest BCUT2D eigenvalue weighted by atomic mass is 16.6. The van der Waals surface area contributed by atoms with E-state index in [1.165, 1.54) is 6.07 Å². The van der Waals surface area contributed by atoms with Crippen molar-refractivity contribution in [2.75, 3.05) is 5.32 Å². The van der Waals surface area contributed by atoms with E-state index >= 15 is 0 Å². The van der Waals surface area contributed by atoms with E-state index in [9.17, 15) is 9.59 Å². The number of ether oxygens (including phenoxy) is 1. The Bertz CT molecular complexity index is 718. The molecule has 2 N–H and O–H groups in total. The van der Waals surface area contributed by atoms with Crippen molar-refractivity contribution in [3.8, 4) is 11.3 Å². The number of hydrogen-bond acceptors (Lipinski definition) is 4. The van der Waals surface area contributed by atoms with Crippen LogP contribution in [0.2, 0.25) is 0 Å². The molecule has 1 amide bonds. The number of carboxylic acid groups (broad SMARTS) is 1. The van der Waals surface area contributed by atoms with Crippen molar-refractivity contribution in [3.05, 3.63) is 48.2 Å². The van der Waals surface area contributed by atoms with Gasteiger partial charge in [-0.2, -0.15) is 0 Å². The van der Waals surface area contributed by atoms with E-state index in [-0.39, 0.29) is 5.69 Å². The topological polar surface area (TPSA) is 88.5 Å². The zero-order chi connectivity index (χ0) is 17.0. The highest BCUT2D eigenvalue weighted by molar-refractivity contribution is 5.87. The maximum Gasteiger partial charge on any atom is 0.412 e. The maximum atomic E-state index is 11.7. The summed E-state index contributed by atoms with van der Waals surface area (Å²) in [7, 11) is 0. The van der Waals surface area contributed by atoms with Crippen LogP contribution in [0.4, 0.5) is 10.5 Å². The lowest BCUT2D eigenvalue weighted by atomic mass is 10.1. The Morgan fingerprint density at radius 2 is 1.74 bits per heavy atom. The third kappa shape index (κ3) is 4.81. The maximum absolute atomic E-state index is 11.7. The second kappa shape index (κ2) is 6.48. The fourth-order valence-electron chi connectivity index (χ4n) is 1.86. The summed E-state index contributed by atoms with van der Waals surface area (Å²) >= 11 is 0. The third-order valence-corrected chi connectivity index (χ3v) is 2.79. The Morgan fingerprint density at radius 3 is 2.30 bits per heavy atom. The predicted molar refractivity (Wildman–Crippen MR) is 86.5 cm³/mol. The van der Waals surface area contributed by atoms with Gasteiger partial charge in [-0.3, -0.25) is 5.32 Å². The lowest BCUT2D eigenvalue weighted by molar-refractivity contribution is 0.0634. The Morgan fingerprint density at radius 1 is 1.09 bits per heavy atom. The summed E-state index contributed by atoms with van der Waals surface area (Å²) < 4.78 is 5.17. The number of pyridine rings is 1. The number of rotatable bonds is 3. The van der Waals surface area contributed by atoms with Gasteiger partial charge >= 0.3 is 12.1 Å². The third-order valence-electron chi connectivity index (χ3n) is 2.79. The van der Waals surface area contributed by atoms with Gasteiger partial charge in [-0.25, -0.2) is 14.6 Å². The highest BCUT2D eigenvalue weighted by Gasteiger charge is 2.16. The van der Waals surface area contributed by atoms with Crippen LogP contribution in [0.15, 0.2) is 42.5 Å². The molecule has 1 heterocycles. The van der Waals surface area contributed by atoms with Crippen LogP contribution >= 0.6 is 0 Å². The van der Waals surface area contributed by atoms with Crippen molar-refractivity contribution in [1.82, 2.24) is 4.98 Å². The van der Waals surface area contributed by atoms with Crippen molar-refractivity contribution in [2.24, 2.45) is 0 Å². The van der Waals surface area contributed by atoms with E-state index in [4.69, 9.17) is 9.84 Å². The van der Waals surface area contributed by atoms with Crippen LogP contribution in [-0.2, 0) is 4.74 Å². The van der Waals surface area contributed by atoms with E-state index in [1.54, 1.807) is 57.2 Å². The first-order chi connectivity index (χ1) is 10.7.